The maximum absolute atomic E-state index is 6.44. The van der Waals surface area contributed by atoms with E-state index in [-0.39, 0.29) is 5.38 Å². The zero-order valence-electron chi connectivity index (χ0n) is 11.4. The third-order valence-corrected chi connectivity index (χ3v) is 3.92. The van der Waals surface area contributed by atoms with Crippen LogP contribution in [0.1, 0.15) is 67.5 Å². The van der Waals surface area contributed by atoms with Gasteiger partial charge in [0.15, 0.2) is 0 Å². The third kappa shape index (κ3) is 5.12. The second-order valence-electron chi connectivity index (χ2n) is 5.01. The Balaban J connectivity index is 2.36. The fraction of sp³-hybridized carbons (Fsp3) is 0.625. The minimum atomic E-state index is 0.191. The number of halogens is 1. The lowest BCUT2D eigenvalue weighted by Gasteiger charge is -2.11. The topological polar surface area (TPSA) is 0 Å². The highest BCUT2D eigenvalue weighted by atomic mass is 35.5. The van der Waals surface area contributed by atoms with Crippen LogP contribution >= 0.6 is 11.6 Å². The van der Waals surface area contributed by atoms with Crippen LogP contribution in [0, 0.1) is 13.8 Å². The molecule has 0 saturated heterocycles. The van der Waals surface area contributed by atoms with E-state index < -0.39 is 0 Å². The molecule has 96 valence electrons. The SMILES string of the molecule is CCCCCCCC(Cl)c1ccc(C)c(C)c1. The van der Waals surface area contributed by atoms with Gasteiger partial charge in [-0.1, -0.05) is 57.2 Å². The fourth-order valence-electron chi connectivity index (χ4n) is 2.05. The predicted octanol–water partition coefficient (Wildman–Crippen LogP) is 5.94. The average Bonchev–Trinajstić information content (AvgIpc) is 2.32. The number of aryl methyl sites for hydroxylation is 2. The van der Waals surface area contributed by atoms with E-state index in [9.17, 15) is 0 Å². The smallest absolute Gasteiger partial charge is 0.0585 e. The van der Waals surface area contributed by atoms with E-state index in [2.05, 4.69) is 39.0 Å². The lowest BCUT2D eigenvalue weighted by atomic mass is 10.0. The van der Waals surface area contributed by atoms with Crippen LogP contribution in [0.3, 0.4) is 0 Å². The number of alkyl halides is 1. The number of unbranched alkanes of at least 4 members (excludes halogenated alkanes) is 4. The molecule has 0 N–H and O–H groups in total. The van der Waals surface area contributed by atoms with Gasteiger partial charge in [-0.15, -0.1) is 11.6 Å². The standard InChI is InChI=1S/C16H25Cl/c1-4-5-6-7-8-9-16(17)15-11-10-13(2)14(3)12-15/h10-12,16H,4-9H2,1-3H3. The largest absolute Gasteiger partial charge is 0.118 e. The Labute approximate surface area is 111 Å². The van der Waals surface area contributed by atoms with Crippen molar-refractivity contribution in [3.05, 3.63) is 34.9 Å². The summed E-state index contributed by atoms with van der Waals surface area (Å²) in [6, 6.07) is 6.59. The molecule has 0 aliphatic rings. The molecule has 0 nitrogen and oxygen atoms in total. The maximum Gasteiger partial charge on any atom is 0.0585 e. The first-order chi connectivity index (χ1) is 8.15. The Hall–Kier alpha value is -0.490. The second kappa shape index (κ2) is 7.76. The summed E-state index contributed by atoms with van der Waals surface area (Å²) in [5.74, 6) is 0. The molecule has 0 saturated carbocycles. The summed E-state index contributed by atoms with van der Waals surface area (Å²) >= 11 is 6.44. The van der Waals surface area contributed by atoms with E-state index in [4.69, 9.17) is 11.6 Å². The first-order valence-electron chi connectivity index (χ1n) is 6.86. The summed E-state index contributed by atoms with van der Waals surface area (Å²) in [6.07, 6.45) is 7.70. The Kier molecular flexibility index (Phi) is 6.65. The molecule has 1 aromatic rings. The lowest BCUT2D eigenvalue weighted by molar-refractivity contribution is 0.601. The van der Waals surface area contributed by atoms with Crippen LogP contribution in [0.5, 0.6) is 0 Å². The van der Waals surface area contributed by atoms with Crippen molar-refractivity contribution in [1.82, 2.24) is 0 Å². The summed E-state index contributed by atoms with van der Waals surface area (Å²) in [5.41, 5.74) is 3.98. The van der Waals surface area contributed by atoms with E-state index in [1.807, 2.05) is 0 Å². The van der Waals surface area contributed by atoms with Crippen molar-refractivity contribution < 1.29 is 0 Å². The third-order valence-electron chi connectivity index (χ3n) is 3.45. The van der Waals surface area contributed by atoms with Crippen molar-refractivity contribution in [2.75, 3.05) is 0 Å². The van der Waals surface area contributed by atoms with Crippen LogP contribution in [0.25, 0.3) is 0 Å². The van der Waals surface area contributed by atoms with Gasteiger partial charge in [-0.25, -0.2) is 0 Å². The van der Waals surface area contributed by atoms with Gasteiger partial charge in [-0.05, 0) is 37.0 Å². The Morgan fingerprint density at radius 3 is 2.35 bits per heavy atom. The molecule has 0 amide bonds. The van der Waals surface area contributed by atoms with Gasteiger partial charge in [0.25, 0.3) is 0 Å². The minimum absolute atomic E-state index is 0.191. The molecule has 0 heterocycles. The van der Waals surface area contributed by atoms with Crippen molar-refractivity contribution >= 4 is 11.6 Å². The van der Waals surface area contributed by atoms with Crippen molar-refractivity contribution in [2.24, 2.45) is 0 Å². The molecule has 0 aromatic heterocycles. The monoisotopic (exact) mass is 252 g/mol. The van der Waals surface area contributed by atoms with Gasteiger partial charge in [0.05, 0.1) is 5.38 Å². The average molecular weight is 253 g/mol. The number of benzene rings is 1. The summed E-state index contributed by atoms with van der Waals surface area (Å²) in [5, 5.41) is 0.191. The fourth-order valence-corrected chi connectivity index (χ4v) is 2.34. The summed E-state index contributed by atoms with van der Waals surface area (Å²) in [6.45, 7) is 6.55. The molecule has 1 aromatic carbocycles. The summed E-state index contributed by atoms with van der Waals surface area (Å²) in [7, 11) is 0. The van der Waals surface area contributed by atoms with Crippen LogP contribution in [0.15, 0.2) is 18.2 Å². The first-order valence-corrected chi connectivity index (χ1v) is 7.30. The highest BCUT2D eigenvalue weighted by Crippen LogP contribution is 2.28. The number of hydrogen-bond donors (Lipinski definition) is 0. The zero-order valence-corrected chi connectivity index (χ0v) is 12.2. The minimum Gasteiger partial charge on any atom is -0.118 e. The Morgan fingerprint density at radius 2 is 1.71 bits per heavy atom. The molecule has 17 heavy (non-hydrogen) atoms. The molecule has 1 heteroatoms. The molecule has 1 rings (SSSR count). The van der Waals surface area contributed by atoms with Crippen molar-refractivity contribution in [2.45, 2.75) is 64.7 Å². The van der Waals surface area contributed by atoms with Crippen molar-refractivity contribution in [1.29, 1.82) is 0 Å². The van der Waals surface area contributed by atoms with Gasteiger partial charge in [0.2, 0.25) is 0 Å². The van der Waals surface area contributed by atoms with Crippen molar-refractivity contribution in [3.8, 4) is 0 Å². The van der Waals surface area contributed by atoms with Crippen LogP contribution in [0.2, 0.25) is 0 Å². The molecular formula is C16H25Cl. The van der Waals surface area contributed by atoms with Gasteiger partial charge in [0, 0.05) is 0 Å². The molecule has 0 aliphatic carbocycles. The first kappa shape index (κ1) is 14.6. The van der Waals surface area contributed by atoms with Gasteiger partial charge >= 0.3 is 0 Å². The van der Waals surface area contributed by atoms with E-state index >= 15 is 0 Å². The van der Waals surface area contributed by atoms with Crippen LogP contribution in [-0.2, 0) is 0 Å². The highest BCUT2D eigenvalue weighted by molar-refractivity contribution is 6.20. The normalized spacial score (nSPS) is 12.7. The molecule has 0 spiro atoms. The van der Waals surface area contributed by atoms with E-state index in [0.29, 0.717) is 0 Å². The Morgan fingerprint density at radius 1 is 1.00 bits per heavy atom. The number of rotatable bonds is 7. The molecule has 1 unspecified atom stereocenters. The van der Waals surface area contributed by atoms with Gasteiger partial charge in [-0.3, -0.25) is 0 Å². The van der Waals surface area contributed by atoms with E-state index in [1.54, 1.807) is 0 Å². The van der Waals surface area contributed by atoms with E-state index in [0.717, 1.165) is 6.42 Å². The second-order valence-corrected chi connectivity index (χ2v) is 5.54. The van der Waals surface area contributed by atoms with Crippen LogP contribution < -0.4 is 0 Å². The predicted molar refractivity (Wildman–Crippen MR) is 77.9 cm³/mol. The lowest BCUT2D eigenvalue weighted by Crippen LogP contribution is -1.93. The van der Waals surface area contributed by atoms with E-state index in [1.165, 1.54) is 48.8 Å². The molecule has 0 aliphatic heterocycles. The quantitative estimate of drug-likeness (QED) is 0.416. The van der Waals surface area contributed by atoms with Gasteiger partial charge < -0.3 is 0 Å². The van der Waals surface area contributed by atoms with Crippen molar-refractivity contribution in [3.63, 3.8) is 0 Å². The molecule has 1 atom stereocenters. The Bertz CT molecular complexity index is 330. The van der Waals surface area contributed by atoms with Crippen LogP contribution in [0.4, 0.5) is 0 Å². The molecular weight excluding hydrogens is 228 g/mol. The van der Waals surface area contributed by atoms with Crippen LogP contribution in [-0.4, -0.2) is 0 Å². The maximum atomic E-state index is 6.44. The van der Waals surface area contributed by atoms with Gasteiger partial charge in [0.1, 0.15) is 0 Å². The molecule has 0 fully saturated rings. The summed E-state index contributed by atoms with van der Waals surface area (Å²) < 4.78 is 0. The number of hydrogen-bond acceptors (Lipinski definition) is 0. The molecule has 0 bridgehead atoms. The molecule has 0 radical (unpaired) electrons. The zero-order chi connectivity index (χ0) is 12.7. The summed E-state index contributed by atoms with van der Waals surface area (Å²) in [4.78, 5) is 0. The van der Waals surface area contributed by atoms with Gasteiger partial charge in [-0.2, -0.15) is 0 Å². The highest BCUT2D eigenvalue weighted by Gasteiger charge is 2.08.